The van der Waals surface area contributed by atoms with E-state index in [1.54, 1.807) is 17.7 Å². The van der Waals surface area contributed by atoms with Crippen molar-refractivity contribution in [3.05, 3.63) is 23.5 Å². The molecule has 0 aliphatic carbocycles. The van der Waals surface area contributed by atoms with Crippen molar-refractivity contribution >= 4 is 28.1 Å². The molecule has 0 bridgehead atoms. The second-order valence-electron chi connectivity index (χ2n) is 7.01. The van der Waals surface area contributed by atoms with E-state index in [1.807, 2.05) is 6.92 Å². The van der Waals surface area contributed by atoms with Gasteiger partial charge in [0.2, 0.25) is 0 Å². The molecule has 1 atom stereocenters. The van der Waals surface area contributed by atoms with Crippen LogP contribution in [0.15, 0.2) is 17.8 Å². The van der Waals surface area contributed by atoms with E-state index in [1.165, 1.54) is 0 Å². The number of thiazole rings is 1. The van der Waals surface area contributed by atoms with Crippen molar-refractivity contribution < 1.29 is 5.11 Å². The first-order chi connectivity index (χ1) is 12.7. The fourth-order valence-corrected chi connectivity index (χ4v) is 4.68. The summed E-state index contributed by atoms with van der Waals surface area (Å²) in [4.78, 5) is 20.5. The van der Waals surface area contributed by atoms with Gasteiger partial charge in [0.15, 0.2) is 5.13 Å². The summed E-state index contributed by atoms with van der Waals surface area (Å²) in [5, 5.41) is 12.8. The highest BCUT2D eigenvalue weighted by molar-refractivity contribution is 7.13. The monoisotopic (exact) mass is 374 g/mol. The van der Waals surface area contributed by atoms with Crippen LogP contribution in [0, 0.1) is 6.92 Å². The van der Waals surface area contributed by atoms with Crippen LogP contribution in [0.3, 0.4) is 0 Å². The molecule has 1 N–H and O–H groups in total. The largest absolute Gasteiger partial charge is 0.394 e. The lowest BCUT2D eigenvalue weighted by molar-refractivity contribution is 0.266. The molecule has 4 heterocycles. The summed E-state index contributed by atoms with van der Waals surface area (Å²) in [6.45, 7) is 7.09. The van der Waals surface area contributed by atoms with Crippen molar-refractivity contribution in [1.82, 2.24) is 15.0 Å². The minimum absolute atomic E-state index is 0.186. The van der Waals surface area contributed by atoms with E-state index in [9.17, 15) is 5.11 Å². The van der Waals surface area contributed by atoms with Crippen molar-refractivity contribution in [3.8, 4) is 0 Å². The highest BCUT2D eigenvalue weighted by Gasteiger charge is 2.26. The minimum Gasteiger partial charge on any atom is -0.394 e. The average molecular weight is 375 g/mol. The Kier molecular flexibility index (Phi) is 5.21. The van der Waals surface area contributed by atoms with Crippen LogP contribution in [0.1, 0.15) is 25.0 Å². The van der Waals surface area contributed by atoms with Crippen LogP contribution in [0.25, 0.3) is 0 Å². The number of hydrogen-bond donors (Lipinski definition) is 1. The normalized spacial score (nSPS) is 21.3. The summed E-state index contributed by atoms with van der Waals surface area (Å²) in [5.41, 5.74) is 1.09. The van der Waals surface area contributed by atoms with Gasteiger partial charge >= 0.3 is 0 Å². The highest BCUT2D eigenvalue weighted by Crippen LogP contribution is 2.27. The maximum Gasteiger partial charge on any atom is 0.185 e. The van der Waals surface area contributed by atoms with E-state index in [0.29, 0.717) is 0 Å². The van der Waals surface area contributed by atoms with Gasteiger partial charge in [0.05, 0.1) is 18.3 Å². The van der Waals surface area contributed by atoms with Crippen molar-refractivity contribution in [1.29, 1.82) is 0 Å². The van der Waals surface area contributed by atoms with Crippen LogP contribution >= 0.6 is 11.3 Å². The van der Waals surface area contributed by atoms with E-state index in [2.05, 4.69) is 41.1 Å². The Bertz CT molecular complexity index is 738. The maximum atomic E-state index is 9.59. The molecule has 1 unspecified atom stereocenters. The lowest BCUT2D eigenvalue weighted by Crippen LogP contribution is -2.34. The molecule has 2 aliphatic rings. The van der Waals surface area contributed by atoms with Gasteiger partial charge in [-0.15, -0.1) is 11.3 Å². The summed E-state index contributed by atoms with van der Waals surface area (Å²) in [5.74, 6) is 1.92. The summed E-state index contributed by atoms with van der Waals surface area (Å²) in [6.07, 6.45) is 4.88. The van der Waals surface area contributed by atoms with Crippen LogP contribution < -0.4 is 14.7 Å². The van der Waals surface area contributed by atoms with Gasteiger partial charge in [0.25, 0.3) is 0 Å². The number of aryl methyl sites for hydroxylation is 1. The third-order valence-electron chi connectivity index (χ3n) is 5.22. The number of nitrogens with zero attached hydrogens (tertiary/aromatic N) is 6. The zero-order chi connectivity index (χ0) is 17.9. The highest BCUT2D eigenvalue weighted by atomic mass is 32.1. The van der Waals surface area contributed by atoms with Crippen molar-refractivity contribution in [2.24, 2.45) is 0 Å². The van der Waals surface area contributed by atoms with Crippen LogP contribution in [0.5, 0.6) is 0 Å². The number of anilines is 3. The number of aliphatic hydroxyl groups excluding tert-OH is 1. The number of aromatic nitrogens is 3. The molecule has 7 nitrogen and oxygen atoms in total. The molecule has 0 radical (unpaired) electrons. The predicted molar refractivity (Wildman–Crippen MR) is 105 cm³/mol. The molecule has 2 aliphatic heterocycles. The topological polar surface area (TPSA) is 68.6 Å². The Balaban J connectivity index is 1.47. The number of rotatable bonds is 4. The molecule has 2 saturated heterocycles. The summed E-state index contributed by atoms with van der Waals surface area (Å²) in [6, 6.07) is 2.27. The van der Waals surface area contributed by atoms with Crippen LogP contribution in [0.2, 0.25) is 0 Å². The Morgan fingerprint density at radius 1 is 1.08 bits per heavy atom. The van der Waals surface area contributed by atoms with Gasteiger partial charge in [0, 0.05) is 44.2 Å². The van der Waals surface area contributed by atoms with Gasteiger partial charge in [-0.05, 0) is 26.2 Å². The Morgan fingerprint density at radius 3 is 2.69 bits per heavy atom. The van der Waals surface area contributed by atoms with E-state index in [0.717, 1.165) is 74.4 Å². The standard InChI is InChI=1S/C18H26N6OS/c1-14-12-26-18(21-14)23-6-3-5-22(8-9-23)16-10-17(20-13-19-16)24-7-2-4-15(24)11-25/h10,12-13,15,25H,2-9,11H2,1H3. The maximum absolute atomic E-state index is 9.59. The molecule has 0 saturated carbocycles. The van der Waals surface area contributed by atoms with Gasteiger partial charge in [-0.3, -0.25) is 0 Å². The molecular weight excluding hydrogens is 348 g/mol. The fraction of sp³-hybridized carbons (Fsp3) is 0.611. The molecule has 2 aromatic heterocycles. The van der Waals surface area contributed by atoms with Gasteiger partial charge in [-0.2, -0.15) is 0 Å². The minimum atomic E-state index is 0.186. The smallest absolute Gasteiger partial charge is 0.185 e. The molecule has 0 spiro atoms. The SMILES string of the molecule is Cc1csc(N2CCCN(c3cc(N4CCCC4CO)ncn3)CC2)n1. The van der Waals surface area contributed by atoms with E-state index in [-0.39, 0.29) is 12.6 Å². The first-order valence-corrected chi connectivity index (χ1v) is 10.2. The molecule has 26 heavy (non-hydrogen) atoms. The molecule has 2 aromatic rings. The summed E-state index contributed by atoms with van der Waals surface area (Å²) in [7, 11) is 0. The predicted octanol–water partition coefficient (Wildman–Crippen LogP) is 1.92. The third-order valence-corrected chi connectivity index (χ3v) is 6.24. The summed E-state index contributed by atoms with van der Waals surface area (Å²) >= 11 is 1.72. The molecule has 0 amide bonds. The fourth-order valence-electron chi connectivity index (χ4n) is 3.82. The molecule has 0 aromatic carbocycles. The lowest BCUT2D eigenvalue weighted by Gasteiger charge is -2.26. The van der Waals surface area contributed by atoms with Crippen LogP contribution in [-0.4, -0.2) is 65.4 Å². The second-order valence-corrected chi connectivity index (χ2v) is 7.84. The molecule has 8 heteroatoms. The van der Waals surface area contributed by atoms with E-state index < -0.39 is 0 Å². The zero-order valence-electron chi connectivity index (χ0n) is 15.2. The molecule has 2 fully saturated rings. The first kappa shape index (κ1) is 17.5. The quantitative estimate of drug-likeness (QED) is 0.877. The molecule has 4 rings (SSSR count). The second kappa shape index (κ2) is 7.75. The third kappa shape index (κ3) is 3.61. The average Bonchev–Trinajstić information content (AvgIpc) is 3.24. The Morgan fingerprint density at radius 2 is 1.88 bits per heavy atom. The molecule has 140 valence electrons. The number of hydrogen-bond acceptors (Lipinski definition) is 8. The lowest BCUT2D eigenvalue weighted by atomic mass is 10.2. The Hall–Kier alpha value is -1.93. The van der Waals surface area contributed by atoms with Crippen LogP contribution in [0.4, 0.5) is 16.8 Å². The summed E-state index contributed by atoms with van der Waals surface area (Å²) < 4.78 is 0. The van der Waals surface area contributed by atoms with Crippen molar-refractivity contribution in [2.45, 2.75) is 32.2 Å². The number of aliphatic hydroxyl groups is 1. The van der Waals surface area contributed by atoms with Crippen molar-refractivity contribution in [2.75, 3.05) is 54.0 Å². The Labute approximate surface area is 158 Å². The van der Waals surface area contributed by atoms with E-state index >= 15 is 0 Å². The van der Waals surface area contributed by atoms with Crippen molar-refractivity contribution in [3.63, 3.8) is 0 Å². The van der Waals surface area contributed by atoms with E-state index in [4.69, 9.17) is 0 Å². The molecular formula is C18H26N6OS. The van der Waals surface area contributed by atoms with Gasteiger partial charge in [0.1, 0.15) is 18.0 Å². The van der Waals surface area contributed by atoms with Crippen LogP contribution in [-0.2, 0) is 0 Å². The van der Waals surface area contributed by atoms with Gasteiger partial charge in [-0.25, -0.2) is 15.0 Å². The first-order valence-electron chi connectivity index (χ1n) is 9.36. The van der Waals surface area contributed by atoms with Gasteiger partial charge < -0.3 is 19.8 Å². The van der Waals surface area contributed by atoms with Gasteiger partial charge in [-0.1, -0.05) is 0 Å². The zero-order valence-corrected chi connectivity index (χ0v) is 16.0.